The van der Waals surface area contributed by atoms with Gasteiger partial charge in [0.1, 0.15) is 0 Å². The van der Waals surface area contributed by atoms with Crippen molar-refractivity contribution in [2.45, 2.75) is 57.0 Å². The topological polar surface area (TPSA) is 69.2 Å². The quantitative estimate of drug-likeness (QED) is 0.772. The fourth-order valence-corrected chi connectivity index (χ4v) is 6.70. The monoisotopic (exact) mass is 433 g/mol. The van der Waals surface area contributed by atoms with Crippen LogP contribution < -0.4 is 10.5 Å². The SMILES string of the molecule is CC(C)n1nc(-c2cnc(N)c(OC(F)(F)F)c2)cc1[C@@]12C3[C@H](N4CCCC4)C[C@H]1[C@@H]32. The molecule has 7 rings (SSSR count). The van der Waals surface area contributed by atoms with Crippen LogP contribution in [0.2, 0.25) is 0 Å². The second-order valence-corrected chi connectivity index (χ2v) is 9.75. The Kier molecular flexibility index (Phi) is 3.85. The molecule has 0 radical (unpaired) electrons. The van der Waals surface area contributed by atoms with E-state index in [-0.39, 0.29) is 17.3 Å². The first kappa shape index (κ1) is 19.4. The van der Waals surface area contributed by atoms with Crippen LogP contribution in [0, 0.1) is 17.8 Å². The van der Waals surface area contributed by atoms with E-state index in [4.69, 9.17) is 10.8 Å². The zero-order valence-electron chi connectivity index (χ0n) is 17.6. The van der Waals surface area contributed by atoms with Crippen molar-refractivity contribution < 1.29 is 17.9 Å². The van der Waals surface area contributed by atoms with E-state index in [0.29, 0.717) is 23.2 Å². The number of hydrogen-bond acceptors (Lipinski definition) is 5. The molecule has 4 saturated carbocycles. The number of anilines is 1. The van der Waals surface area contributed by atoms with Gasteiger partial charge in [0.15, 0.2) is 11.6 Å². The van der Waals surface area contributed by atoms with Gasteiger partial charge in [-0.15, -0.1) is 13.2 Å². The molecule has 2 N–H and O–H groups in total. The number of nitrogen functional groups attached to an aromatic ring is 1. The summed E-state index contributed by atoms with van der Waals surface area (Å²) in [6, 6.07) is 4.19. The van der Waals surface area contributed by atoms with E-state index in [1.807, 2.05) is 0 Å². The summed E-state index contributed by atoms with van der Waals surface area (Å²) in [4.78, 5) is 6.59. The summed E-state index contributed by atoms with van der Waals surface area (Å²) in [5.74, 6) is 1.38. The maximum Gasteiger partial charge on any atom is 0.573 e. The Morgan fingerprint density at radius 2 is 1.94 bits per heavy atom. The summed E-state index contributed by atoms with van der Waals surface area (Å²) in [7, 11) is 0. The Bertz CT molecular complexity index is 1040. The molecule has 9 heteroatoms. The van der Waals surface area contributed by atoms with Crippen LogP contribution in [0.3, 0.4) is 0 Å². The predicted octanol–water partition coefficient (Wildman–Crippen LogP) is 3.99. The number of pyridine rings is 1. The van der Waals surface area contributed by atoms with Crippen molar-refractivity contribution in [3.8, 4) is 17.0 Å². The lowest BCUT2D eigenvalue weighted by Crippen LogP contribution is -2.32. The minimum Gasteiger partial charge on any atom is -0.402 e. The predicted molar refractivity (Wildman–Crippen MR) is 108 cm³/mol. The van der Waals surface area contributed by atoms with Crippen LogP contribution in [0.1, 0.15) is 44.8 Å². The van der Waals surface area contributed by atoms with Gasteiger partial charge < -0.3 is 15.4 Å². The highest BCUT2D eigenvalue weighted by Crippen LogP contribution is 2.91. The van der Waals surface area contributed by atoms with Gasteiger partial charge in [0.2, 0.25) is 0 Å². The summed E-state index contributed by atoms with van der Waals surface area (Å²) < 4.78 is 44.3. The second kappa shape index (κ2) is 6.15. The standard InChI is InChI=1S/C22H26F3N5O/c1-11(2)30-17(21-13-8-15(19(21)18(13)21)29-5-3-4-6-29)9-14(28-30)12-7-16(20(26)27-10-12)31-22(23,24)25/h7,9-11,13,15,18-19H,3-6,8H2,1-2H3,(H2,26,27)/t13-,15+,18-,19?,21-/m0/s1. The first-order valence-electron chi connectivity index (χ1n) is 11.1. The number of likely N-dealkylation sites (tertiary alicyclic amines) is 1. The van der Waals surface area contributed by atoms with Crippen LogP contribution in [0.25, 0.3) is 11.3 Å². The lowest BCUT2D eigenvalue weighted by molar-refractivity contribution is -0.274. The molecule has 3 heterocycles. The second-order valence-electron chi connectivity index (χ2n) is 9.75. The average molecular weight is 433 g/mol. The Hall–Kier alpha value is -2.29. The molecule has 2 aromatic rings. The fourth-order valence-electron chi connectivity index (χ4n) is 6.70. The van der Waals surface area contributed by atoms with Crippen molar-refractivity contribution in [2.75, 3.05) is 18.8 Å². The highest BCUT2D eigenvalue weighted by Gasteiger charge is 2.93. The highest BCUT2D eigenvalue weighted by atomic mass is 19.4. The molecule has 1 unspecified atom stereocenters. The number of fused-ring (bicyclic) bond motifs is 1. The van der Waals surface area contributed by atoms with Crippen molar-refractivity contribution in [3.05, 3.63) is 24.0 Å². The fraction of sp³-hybridized carbons (Fsp3) is 0.636. The normalized spacial score (nSPS) is 33.7. The number of aromatic nitrogens is 3. The lowest BCUT2D eigenvalue weighted by atomic mass is 10.00. The molecule has 1 saturated heterocycles. The summed E-state index contributed by atoms with van der Waals surface area (Å²) in [5.41, 5.74) is 8.14. The number of nitrogens with zero attached hydrogens (tertiary/aromatic N) is 4. The number of nitrogens with two attached hydrogens (primary N) is 1. The van der Waals surface area contributed by atoms with Crippen LogP contribution in [0.5, 0.6) is 5.75 Å². The van der Waals surface area contributed by atoms with Crippen LogP contribution in [-0.4, -0.2) is 45.2 Å². The minimum atomic E-state index is -4.82. The summed E-state index contributed by atoms with van der Waals surface area (Å²) in [6.07, 6.45) is 0.500. The summed E-state index contributed by atoms with van der Waals surface area (Å²) in [6.45, 7) is 6.61. The Morgan fingerprint density at radius 3 is 2.58 bits per heavy atom. The molecular formula is C22H26F3N5O. The Morgan fingerprint density at radius 1 is 1.19 bits per heavy atom. The number of hydrogen-bond donors (Lipinski definition) is 1. The molecule has 4 aliphatic carbocycles. The molecule has 5 atom stereocenters. The molecule has 2 bridgehead atoms. The van der Waals surface area contributed by atoms with Gasteiger partial charge in [0, 0.05) is 35.0 Å². The number of alkyl halides is 3. The zero-order valence-corrected chi connectivity index (χ0v) is 17.6. The van der Waals surface area contributed by atoms with Gasteiger partial charge in [-0.2, -0.15) is 5.10 Å². The van der Waals surface area contributed by atoms with E-state index < -0.39 is 12.1 Å². The molecule has 5 aliphatic rings. The number of rotatable bonds is 5. The van der Waals surface area contributed by atoms with Gasteiger partial charge in [-0.3, -0.25) is 4.68 Å². The molecule has 1 aliphatic heterocycles. The maximum absolute atomic E-state index is 12.7. The smallest absolute Gasteiger partial charge is 0.402 e. The van der Waals surface area contributed by atoms with Gasteiger partial charge in [-0.05, 0) is 76.1 Å². The third-order valence-corrected chi connectivity index (χ3v) is 7.91. The third-order valence-electron chi connectivity index (χ3n) is 7.91. The van der Waals surface area contributed by atoms with Crippen molar-refractivity contribution in [2.24, 2.45) is 17.8 Å². The largest absolute Gasteiger partial charge is 0.573 e. The van der Waals surface area contributed by atoms with Gasteiger partial charge in [0.05, 0.1) is 5.69 Å². The van der Waals surface area contributed by atoms with Crippen molar-refractivity contribution >= 4 is 5.82 Å². The first-order chi connectivity index (χ1) is 14.7. The summed E-state index contributed by atoms with van der Waals surface area (Å²) >= 11 is 0. The van der Waals surface area contributed by atoms with Crippen LogP contribution in [-0.2, 0) is 5.41 Å². The molecule has 0 amide bonds. The highest BCUT2D eigenvalue weighted by molar-refractivity contribution is 5.66. The van der Waals surface area contributed by atoms with Crippen molar-refractivity contribution in [1.29, 1.82) is 0 Å². The molecule has 2 aromatic heterocycles. The van der Waals surface area contributed by atoms with E-state index in [1.54, 1.807) is 0 Å². The molecule has 0 aromatic carbocycles. The van der Waals surface area contributed by atoms with Crippen LogP contribution in [0.15, 0.2) is 18.3 Å². The third kappa shape index (κ3) is 2.68. The van der Waals surface area contributed by atoms with E-state index in [0.717, 1.165) is 11.8 Å². The van der Waals surface area contributed by atoms with Gasteiger partial charge in [-0.25, -0.2) is 4.98 Å². The molecule has 0 spiro atoms. The molecular weight excluding hydrogens is 407 g/mol. The minimum absolute atomic E-state index is 0.164. The zero-order chi connectivity index (χ0) is 21.7. The average Bonchev–Trinajstić information content (AvgIpc) is 3.22. The molecule has 6 nitrogen and oxygen atoms in total. The van der Waals surface area contributed by atoms with E-state index in [9.17, 15) is 13.2 Å². The van der Waals surface area contributed by atoms with Crippen molar-refractivity contribution in [1.82, 2.24) is 19.7 Å². The number of halogens is 3. The Labute approximate surface area is 178 Å². The van der Waals surface area contributed by atoms with Crippen molar-refractivity contribution in [3.63, 3.8) is 0 Å². The summed E-state index contributed by atoms with van der Waals surface area (Å²) in [5, 5.41) is 4.78. The Balaban J connectivity index is 1.34. The van der Waals surface area contributed by atoms with Gasteiger partial charge >= 0.3 is 6.36 Å². The first-order valence-corrected chi connectivity index (χ1v) is 11.1. The molecule has 166 valence electrons. The van der Waals surface area contributed by atoms with Gasteiger partial charge in [-0.1, -0.05) is 0 Å². The van der Waals surface area contributed by atoms with Crippen LogP contribution in [0.4, 0.5) is 19.0 Å². The molecule has 5 fully saturated rings. The van der Waals surface area contributed by atoms with E-state index in [2.05, 4.69) is 39.2 Å². The van der Waals surface area contributed by atoms with Gasteiger partial charge in [0.25, 0.3) is 0 Å². The maximum atomic E-state index is 12.7. The molecule has 31 heavy (non-hydrogen) atoms. The van der Waals surface area contributed by atoms with Crippen LogP contribution >= 0.6 is 0 Å². The van der Waals surface area contributed by atoms with E-state index in [1.165, 1.54) is 50.3 Å². The van der Waals surface area contributed by atoms with E-state index >= 15 is 0 Å². The number of ether oxygens (including phenoxy) is 1. The lowest BCUT2D eigenvalue weighted by Gasteiger charge is -2.24.